The van der Waals surface area contributed by atoms with Gasteiger partial charge in [-0.05, 0) is 42.5 Å². The van der Waals surface area contributed by atoms with Crippen LogP contribution in [0.3, 0.4) is 0 Å². The van der Waals surface area contributed by atoms with Gasteiger partial charge in [0, 0.05) is 34.0 Å². The zero-order valence-electron chi connectivity index (χ0n) is 15.9. The van der Waals surface area contributed by atoms with E-state index in [1.54, 1.807) is 51.5 Å². The molecule has 1 aliphatic rings. The lowest BCUT2D eigenvalue weighted by Gasteiger charge is -2.26. The van der Waals surface area contributed by atoms with Crippen LogP contribution in [0.25, 0.3) is 0 Å². The molecule has 0 aliphatic carbocycles. The molecule has 2 aromatic heterocycles. The molecule has 0 radical (unpaired) electrons. The molecule has 0 unspecified atom stereocenters. The highest BCUT2D eigenvalue weighted by Gasteiger charge is 2.23. The van der Waals surface area contributed by atoms with Gasteiger partial charge in [0.15, 0.2) is 6.61 Å². The molecule has 5 nitrogen and oxygen atoms in total. The molecule has 0 saturated carbocycles. The van der Waals surface area contributed by atoms with Gasteiger partial charge in [0.25, 0.3) is 5.91 Å². The van der Waals surface area contributed by atoms with Crippen molar-refractivity contribution in [3.8, 4) is 0 Å². The third-order valence-corrected chi connectivity index (χ3v) is 7.59. The third-order valence-electron chi connectivity index (χ3n) is 4.64. The number of aromatic nitrogens is 1. The Morgan fingerprint density at radius 2 is 2.10 bits per heavy atom. The number of fused-ring (bicyclic) bond motifs is 1. The fraction of sp³-hybridized carbons (Fsp3) is 0.286. The van der Waals surface area contributed by atoms with Crippen molar-refractivity contribution in [3.05, 3.63) is 67.8 Å². The van der Waals surface area contributed by atoms with E-state index in [-0.39, 0.29) is 12.5 Å². The standard InChI is InChI=1S/C21H20N2O3S3/c1-14-22-16(12-28-14)13-29-19-5-3-2-4-17(19)21(25)26-11-20(24)23-8-6-18-15(10-23)7-9-27-18/h2-5,7,9,12H,6,8,10-11,13H2,1H3. The van der Waals surface area contributed by atoms with Gasteiger partial charge in [-0.1, -0.05) is 12.1 Å². The lowest BCUT2D eigenvalue weighted by atomic mass is 10.1. The second kappa shape index (κ2) is 9.11. The quantitative estimate of drug-likeness (QED) is 0.412. The maximum absolute atomic E-state index is 12.6. The van der Waals surface area contributed by atoms with Gasteiger partial charge in [0.1, 0.15) is 0 Å². The normalized spacial score (nSPS) is 13.2. The van der Waals surface area contributed by atoms with Crippen molar-refractivity contribution in [3.63, 3.8) is 0 Å². The fourth-order valence-corrected chi connectivity index (χ4v) is 5.69. The largest absolute Gasteiger partial charge is 0.452 e. The first-order valence-electron chi connectivity index (χ1n) is 9.23. The van der Waals surface area contributed by atoms with Crippen molar-refractivity contribution in [2.75, 3.05) is 13.2 Å². The number of amides is 1. The first kappa shape index (κ1) is 20.1. The molecule has 3 aromatic rings. The maximum Gasteiger partial charge on any atom is 0.339 e. The Hall–Kier alpha value is -2.16. The van der Waals surface area contributed by atoms with Crippen molar-refractivity contribution >= 4 is 46.3 Å². The van der Waals surface area contributed by atoms with Crippen LogP contribution < -0.4 is 0 Å². The van der Waals surface area contributed by atoms with E-state index in [9.17, 15) is 9.59 Å². The van der Waals surface area contributed by atoms with Crippen LogP contribution >= 0.6 is 34.4 Å². The van der Waals surface area contributed by atoms with Gasteiger partial charge in [-0.15, -0.1) is 34.4 Å². The minimum atomic E-state index is -0.468. The molecule has 0 fully saturated rings. The minimum absolute atomic E-state index is 0.154. The van der Waals surface area contributed by atoms with Crippen LogP contribution in [0.1, 0.15) is 31.5 Å². The van der Waals surface area contributed by atoms with Gasteiger partial charge in [0.05, 0.1) is 16.3 Å². The van der Waals surface area contributed by atoms with Crippen LogP contribution in [0.4, 0.5) is 0 Å². The van der Waals surface area contributed by atoms with Gasteiger partial charge in [-0.3, -0.25) is 4.79 Å². The number of carbonyl (C=O) groups is 2. The molecule has 150 valence electrons. The smallest absolute Gasteiger partial charge is 0.339 e. The molecule has 4 rings (SSSR count). The number of esters is 1. The summed E-state index contributed by atoms with van der Waals surface area (Å²) in [5.41, 5.74) is 2.67. The predicted molar refractivity (Wildman–Crippen MR) is 117 cm³/mol. The molecule has 0 bridgehead atoms. The number of rotatable bonds is 6. The van der Waals surface area contributed by atoms with Gasteiger partial charge in [-0.2, -0.15) is 0 Å². The predicted octanol–water partition coefficient (Wildman–Crippen LogP) is 4.55. The summed E-state index contributed by atoms with van der Waals surface area (Å²) in [6, 6.07) is 9.38. The summed E-state index contributed by atoms with van der Waals surface area (Å²) < 4.78 is 5.35. The molecule has 0 spiro atoms. The lowest BCUT2D eigenvalue weighted by Crippen LogP contribution is -2.38. The number of nitrogens with zero attached hydrogens (tertiary/aromatic N) is 2. The molecule has 8 heteroatoms. The van der Waals surface area contributed by atoms with Gasteiger partial charge in [0.2, 0.25) is 0 Å². The van der Waals surface area contributed by atoms with Crippen LogP contribution in [0.5, 0.6) is 0 Å². The molecule has 0 N–H and O–H groups in total. The molecule has 29 heavy (non-hydrogen) atoms. The van der Waals surface area contributed by atoms with Crippen molar-refractivity contribution < 1.29 is 14.3 Å². The van der Waals surface area contributed by atoms with E-state index in [4.69, 9.17) is 4.74 Å². The Balaban J connectivity index is 1.34. The molecule has 0 atom stereocenters. The molecular weight excluding hydrogens is 424 g/mol. The summed E-state index contributed by atoms with van der Waals surface area (Å²) in [6.07, 6.45) is 0.863. The highest BCUT2D eigenvalue weighted by Crippen LogP contribution is 2.28. The summed E-state index contributed by atoms with van der Waals surface area (Å²) >= 11 is 4.89. The van der Waals surface area contributed by atoms with Crippen LogP contribution in [-0.2, 0) is 28.2 Å². The summed E-state index contributed by atoms with van der Waals surface area (Å²) in [7, 11) is 0. The topological polar surface area (TPSA) is 59.5 Å². The number of ether oxygens (including phenoxy) is 1. The molecule has 0 saturated heterocycles. The summed E-state index contributed by atoms with van der Waals surface area (Å²) in [5.74, 6) is 0.0621. The number of thioether (sulfide) groups is 1. The zero-order chi connectivity index (χ0) is 20.2. The van der Waals surface area contributed by atoms with E-state index in [0.29, 0.717) is 24.4 Å². The molecule has 1 aromatic carbocycles. The fourth-order valence-electron chi connectivity index (χ4n) is 3.15. The van der Waals surface area contributed by atoms with Crippen LogP contribution in [0.15, 0.2) is 46.0 Å². The van der Waals surface area contributed by atoms with Crippen molar-refractivity contribution in [2.45, 2.75) is 30.5 Å². The van der Waals surface area contributed by atoms with Crippen molar-refractivity contribution in [2.24, 2.45) is 0 Å². The van der Waals surface area contributed by atoms with Gasteiger partial charge in [-0.25, -0.2) is 9.78 Å². The van der Waals surface area contributed by atoms with E-state index in [2.05, 4.69) is 16.4 Å². The Kier molecular flexibility index (Phi) is 6.32. The number of carbonyl (C=O) groups excluding carboxylic acids is 2. The Morgan fingerprint density at radius 3 is 2.93 bits per heavy atom. The number of thiophene rings is 1. The van der Waals surface area contributed by atoms with E-state index in [0.717, 1.165) is 22.0 Å². The van der Waals surface area contributed by atoms with E-state index >= 15 is 0 Å². The van der Waals surface area contributed by atoms with Crippen molar-refractivity contribution in [1.29, 1.82) is 0 Å². The maximum atomic E-state index is 12.6. The molecule has 1 amide bonds. The number of hydrogen-bond donors (Lipinski definition) is 0. The van der Waals surface area contributed by atoms with Gasteiger partial charge < -0.3 is 9.64 Å². The highest BCUT2D eigenvalue weighted by molar-refractivity contribution is 7.98. The zero-order valence-corrected chi connectivity index (χ0v) is 18.4. The van der Waals surface area contributed by atoms with Crippen LogP contribution in [0.2, 0.25) is 0 Å². The van der Waals surface area contributed by atoms with E-state index < -0.39 is 5.97 Å². The molecule has 1 aliphatic heterocycles. The average Bonchev–Trinajstić information content (AvgIpc) is 3.38. The Labute approximate surface area is 181 Å². The number of benzene rings is 1. The SMILES string of the molecule is Cc1nc(CSc2ccccc2C(=O)OCC(=O)N2CCc3sccc3C2)cs1. The van der Waals surface area contributed by atoms with Gasteiger partial charge >= 0.3 is 5.97 Å². The van der Waals surface area contributed by atoms with E-state index in [1.165, 1.54) is 10.4 Å². The summed E-state index contributed by atoms with van der Waals surface area (Å²) in [4.78, 5) is 33.5. The monoisotopic (exact) mass is 444 g/mol. The Bertz CT molecular complexity index is 1030. The van der Waals surface area contributed by atoms with Crippen LogP contribution in [0, 0.1) is 6.92 Å². The first-order valence-corrected chi connectivity index (χ1v) is 12.0. The molecule has 3 heterocycles. The van der Waals surface area contributed by atoms with E-state index in [1.807, 2.05) is 24.4 Å². The first-order chi connectivity index (χ1) is 14.1. The molecular formula is C21H20N2O3S3. The Morgan fingerprint density at radius 1 is 1.24 bits per heavy atom. The number of hydrogen-bond acceptors (Lipinski definition) is 7. The number of aryl methyl sites for hydroxylation is 1. The van der Waals surface area contributed by atoms with Crippen molar-refractivity contribution in [1.82, 2.24) is 9.88 Å². The highest BCUT2D eigenvalue weighted by atomic mass is 32.2. The lowest BCUT2D eigenvalue weighted by molar-refractivity contribution is -0.135. The average molecular weight is 445 g/mol. The summed E-state index contributed by atoms with van der Waals surface area (Å²) in [6.45, 7) is 3.00. The minimum Gasteiger partial charge on any atom is -0.452 e. The van der Waals surface area contributed by atoms with Crippen LogP contribution in [-0.4, -0.2) is 34.9 Å². The summed E-state index contributed by atoms with van der Waals surface area (Å²) in [5, 5.41) is 5.11. The second-order valence-electron chi connectivity index (χ2n) is 6.65. The second-order valence-corrected chi connectivity index (χ2v) is 9.73. The number of thiazole rings is 1. The third kappa shape index (κ3) is 4.88.